The molecule has 0 amide bonds. The van der Waals surface area contributed by atoms with Crippen molar-refractivity contribution in [3.05, 3.63) is 29.6 Å². The zero-order valence-electron chi connectivity index (χ0n) is 11.4. The highest BCUT2D eigenvalue weighted by Crippen LogP contribution is 2.25. The molecule has 96 valence electrons. The van der Waals surface area contributed by atoms with Crippen LogP contribution in [0.25, 0.3) is 0 Å². The summed E-state index contributed by atoms with van der Waals surface area (Å²) in [6, 6.07) is 5.02. The van der Waals surface area contributed by atoms with E-state index in [1.165, 1.54) is 12.1 Å². The van der Waals surface area contributed by atoms with Crippen LogP contribution in [0.4, 0.5) is 10.1 Å². The van der Waals surface area contributed by atoms with Crippen LogP contribution in [0.1, 0.15) is 33.3 Å². The molecule has 1 atom stereocenters. The first-order valence-corrected chi connectivity index (χ1v) is 5.96. The summed E-state index contributed by atoms with van der Waals surface area (Å²) in [4.78, 5) is 2.24. The Hall–Kier alpha value is -1.09. The maximum Gasteiger partial charge on any atom is 0.125 e. The smallest absolute Gasteiger partial charge is 0.125 e. The van der Waals surface area contributed by atoms with Gasteiger partial charge in [0.15, 0.2) is 0 Å². The third-order valence-corrected chi connectivity index (χ3v) is 3.44. The van der Waals surface area contributed by atoms with Crippen molar-refractivity contribution in [3.8, 4) is 0 Å². The van der Waals surface area contributed by atoms with Gasteiger partial charge in [0.25, 0.3) is 0 Å². The SMILES string of the molecule is CC(N(C)Cc1ccc(F)cc1N)C(C)(C)C. The largest absolute Gasteiger partial charge is 0.398 e. The lowest BCUT2D eigenvalue weighted by Crippen LogP contribution is -2.38. The van der Waals surface area contributed by atoms with Crippen LogP contribution >= 0.6 is 0 Å². The number of nitrogens with zero attached hydrogens (tertiary/aromatic N) is 1. The van der Waals surface area contributed by atoms with E-state index >= 15 is 0 Å². The summed E-state index contributed by atoms with van der Waals surface area (Å²) in [5, 5.41) is 0. The fraction of sp³-hybridized carbons (Fsp3) is 0.571. The first-order valence-electron chi connectivity index (χ1n) is 5.96. The molecule has 0 aliphatic rings. The molecule has 2 N–H and O–H groups in total. The topological polar surface area (TPSA) is 29.3 Å². The van der Waals surface area contributed by atoms with E-state index in [1.807, 2.05) is 0 Å². The van der Waals surface area contributed by atoms with E-state index in [9.17, 15) is 4.39 Å². The van der Waals surface area contributed by atoms with Crippen molar-refractivity contribution in [1.29, 1.82) is 0 Å². The minimum Gasteiger partial charge on any atom is -0.398 e. The van der Waals surface area contributed by atoms with Crippen molar-refractivity contribution in [3.63, 3.8) is 0 Å². The zero-order valence-corrected chi connectivity index (χ0v) is 11.4. The monoisotopic (exact) mass is 238 g/mol. The Labute approximate surface area is 104 Å². The number of nitrogens with two attached hydrogens (primary N) is 1. The van der Waals surface area contributed by atoms with E-state index in [0.717, 1.165) is 12.1 Å². The van der Waals surface area contributed by atoms with Crippen LogP contribution in [-0.4, -0.2) is 18.0 Å². The molecule has 0 saturated carbocycles. The molecule has 3 heteroatoms. The summed E-state index contributed by atoms with van der Waals surface area (Å²) < 4.78 is 12.9. The van der Waals surface area contributed by atoms with Crippen LogP contribution in [0.15, 0.2) is 18.2 Å². The second kappa shape index (κ2) is 5.05. The van der Waals surface area contributed by atoms with Crippen molar-refractivity contribution in [2.45, 2.75) is 40.3 Å². The van der Waals surface area contributed by atoms with Gasteiger partial charge in [0, 0.05) is 18.3 Å². The highest BCUT2D eigenvalue weighted by atomic mass is 19.1. The molecule has 2 nitrogen and oxygen atoms in total. The van der Waals surface area contributed by atoms with Gasteiger partial charge in [-0.2, -0.15) is 0 Å². The van der Waals surface area contributed by atoms with Gasteiger partial charge in [-0.15, -0.1) is 0 Å². The number of hydrogen-bond donors (Lipinski definition) is 1. The summed E-state index contributed by atoms with van der Waals surface area (Å²) in [5.41, 5.74) is 7.53. The average Bonchev–Trinajstić information content (AvgIpc) is 2.19. The van der Waals surface area contributed by atoms with Crippen LogP contribution in [0.2, 0.25) is 0 Å². The van der Waals surface area contributed by atoms with Crippen LogP contribution in [0.3, 0.4) is 0 Å². The van der Waals surface area contributed by atoms with E-state index in [4.69, 9.17) is 5.73 Å². The van der Waals surface area contributed by atoms with Gasteiger partial charge < -0.3 is 5.73 Å². The lowest BCUT2D eigenvalue weighted by Gasteiger charge is -2.35. The summed E-state index contributed by atoms with van der Waals surface area (Å²) in [7, 11) is 2.07. The van der Waals surface area contributed by atoms with Crippen molar-refractivity contribution < 1.29 is 4.39 Å². The normalized spacial score (nSPS) is 14.1. The Kier molecular flexibility index (Phi) is 4.15. The summed E-state index contributed by atoms with van der Waals surface area (Å²) >= 11 is 0. The van der Waals surface area contributed by atoms with Gasteiger partial charge in [-0.1, -0.05) is 26.8 Å². The van der Waals surface area contributed by atoms with Crippen LogP contribution in [0.5, 0.6) is 0 Å². The minimum absolute atomic E-state index is 0.212. The summed E-state index contributed by atoms with van der Waals surface area (Å²) in [6.45, 7) is 9.57. The molecule has 0 fully saturated rings. The number of halogens is 1. The molecular weight excluding hydrogens is 215 g/mol. The number of rotatable bonds is 3. The Morgan fingerprint density at radius 3 is 2.41 bits per heavy atom. The van der Waals surface area contributed by atoms with Gasteiger partial charge >= 0.3 is 0 Å². The molecule has 1 rings (SSSR count). The molecule has 1 aromatic carbocycles. The summed E-state index contributed by atoms with van der Waals surface area (Å²) in [6.07, 6.45) is 0. The number of benzene rings is 1. The Morgan fingerprint density at radius 2 is 1.94 bits per heavy atom. The van der Waals surface area contributed by atoms with Crippen LogP contribution < -0.4 is 5.73 Å². The molecule has 0 aliphatic carbocycles. The molecule has 0 bridgehead atoms. The number of nitrogen functional groups attached to an aromatic ring is 1. The first kappa shape index (κ1) is 14.0. The lowest BCUT2D eigenvalue weighted by atomic mass is 9.87. The summed E-state index contributed by atoms with van der Waals surface area (Å²) in [5.74, 6) is -0.280. The fourth-order valence-corrected chi connectivity index (χ4v) is 1.78. The Morgan fingerprint density at radius 1 is 1.35 bits per heavy atom. The standard InChI is InChI=1S/C14H23FN2/c1-10(14(2,3)4)17(5)9-11-6-7-12(15)8-13(11)16/h6-8,10H,9,16H2,1-5H3. The quantitative estimate of drug-likeness (QED) is 0.819. The maximum atomic E-state index is 12.9. The van der Waals surface area contributed by atoms with E-state index in [0.29, 0.717) is 11.7 Å². The van der Waals surface area contributed by atoms with Crippen molar-refractivity contribution in [2.75, 3.05) is 12.8 Å². The number of anilines is 1. The van der Waals surface area contributed by atoms with E-state index in [2.05, 4.69) is 39.6 Å². The molecule has 1 unspecified atom stereocenters. The lowest BCUT2D eigenvalue weighted by molar-refractivity contribution is 0.135. The molecule has 17 heavy (non-hydrogen) atoms. The van der Waals surface area contributed by atoms with Crippen LogP contribution in [-0.2, 0) is 6.54 Å². The first-order chi connectivity index (χ1) is 7.71. The molecular formula is C14H23FN2. The highest BCUT2D eigenvalue weighted by molar-refractivity contribution is 5.46. The second-order valence-corrected chi connectivity index (χ2v) is 5.80. The molecule has 0 spiro atoms. The molecule has 1 aromatic rings. The zero-order chi connectivity index (χ0) is 13.2. The molecule has 0 heterocycles. The molecule has 0 saturated heterocycles. The molecule has 0 aliphatic heterocycles. The fourth-order valence-electron chi connectivity index (χ4n) is 1.78. The third-order valence-electron chi connectivity index (χ3n) is 3.44. The van der Waals surface area contributed by atoms with Crippen LogP contribution in [0, 0.1) is 11.2 Å². The van der Waals surface area contributed by atoms with Gasteiger partial charge in [0.05, 0.1) is 0 Å². The van der Waals surface area contributed by atoms with Crippen molar-refractivity contribution in [1.82, 2.24) is 4.90 Å². The second-order valence-electron chi connectivity index (χ2n) is 5.80. The third kappa shape index (κ3) is 3.70. The van der Waals surface area contributed by atoms with Crippen molar-refractivity contribution in [2.24, 2.45) is 5.41 Å². The van der Waals surface area contributed by atoms with Crippen molar-refractivity contribution >= 4 is 5.69 Å². The maximum absolute atomic E-state index is 12.9. The van der Waals surface area contributed by atoms with Gasteiger partial charge in [-0.05, 0) is 37.1 Å². The average molecular weight is 238 g/mol. The predicted octanol–water partition coefficient (Wildman–Crippen LogP) is 3.27. The molecule has 0 aromatic heterocycles. The van der Waals surface area contributed by atoms with E-state index in [1.54, 1.807) is 6.07 Å². The predicted molar refractivity (Wildman–Crippen MR) is 71.2 cm³/mol. The Bertz CT molecular complexity index is 382. The minimum atomic E-state index is -0.280. The van der Waals surface area contributed by atoms with Gasteiger partial charge in [0.1, 0.15) is 5.82 Å². The van der Waals surface area contributed by atoms with Gasteiger partial charge in [-0.3, -0.25) is 4.90 Å². The highest BCUT2D eigenvalue weighted by Gasteiger charge is 2.24. The van der Waals surface area contributed by atoms with Gasteiger partial charge in [-0.25, -0.2) is 4.39 Å². The van der Waals surface area contributed by atoms with Gasteiger partial charge in [0.2, 0.25) is 0 Å². The number of hydrogen-bond acceptors (Lipinski definition) is 2. The van der Waals surface area contributed by atoms with E-state index in [-0.39, 0.29) is 11.2 Å². The van der Waals surface area contributed by atoms with E-state index < -0.39 is 0 Å². The Balaban J connectivity index is 2.78. The molecule has 0 radical (unpaired) electrons.